The van der Waals surface area contributed by atoms with Gasteiger partial charge in [0.25, 0.3) is 0 Å². The van der Waals surface area contributed by atoms with Crippen LogP contribution in [0.4, 0.5) is 0 Å². The molecule has 1 rings (SSSR count). The maximum Gasteiger partial charge on any atom is 0.0124 e. The summed E-state index contributed by atoms with van der Waals surface area (Å²) in [5.41, 5.74) is 0. The standard InChI is InChI=1S/C11H23N/c1-8(2)11-7-6-10(5)12(11)9(3)4/h8-11H,6-7H2,1-5H3. The molecule has 2 atom stereocenters. The molecule has 0 aliphatic carbocycles. The maximum absolute atomic E-state index is 2.69. The maximum atomic E-state index is 2.69. The average molecular weight is 169 g/mol. The Labute approximate surface area is 77.1 Å². The summed E-state index contributed by atoms with van der Waals surface area (Å²) in [4.78, 5) is 2.69. The van der Waals surface area contributed by atoms with Crippen LogP contribution in [0.25, 0.3) is 0 Å². The summed E-state index contributed by atoms with van der Waals surface area (Å²) in [5, 5.41) is 0. The molecule has 12 heavy (non-hydrogen) atoms. The molecule has 0 N–H and O–H groups in total. The molecule has 0 aromatic rings. The average Bonchev–Trinajstić information content (AvgIpc) is 2.30. The van der Waals surface area contributed by atoms with Gasteiger partial charge in [0.05, 0.1) is 0 Å². The van der Waals surface area contributed by atoms with E-state index in [4.69, 9.17) is 0 Å². The SMILES string of the molecule is CC(C)C1CCC(C)N1C(C)C. The number of hydrogen-bond acceptors (Lipinski definition) is 1. The van der Waals surface area contributed by atoms with Gasteiger partial charge in [-0.2, -0.15) is 0 Å². The van der Waals surface area contributed by atoms with Crippen LogP contribution in [0.3, 0.4) is 0 Å². The molecular weight excluding hydrogens is 146 g/mol. The van der Waals surface area contributed by atoms with Crippen molar-refractivity contribution in [3.8, 4) is 0 Å². The molecule has 0 amide bonds. The minimum Gasteiger partial charge on any atom is -0.295 e. The molecule has 0 aromatic heterocycles. The molecule has 2 unspecified atom stereocenters. The van der Waals surface area contributed by atoms with E-state index in [1.54, 1.807) is 0 Å². The minimum absolute atomic E-state index is 0.717. The highest BCUT2D eigenvalue weighted by molar-refractivity contribution is 4.88. The summed E-state index contributed by atoms with van der Waals surface area (Å²) in [6, 6.07) is 2.35. The van der Waals surface area contributed by atoms with Gasteiger partial charge in [-0.15, -0.1) is 0 Å². The second-order valence-electron chi connectivity index (χ2n) is 4.78. The quantitative estimate of drug-likeness (QED) is 0.614. The van der Waals surface area contributed by atoms with Crippen molar-refractivity contribution in [3.63, 3.8) is 0 Å². The van der Waals surface area contributed by atoms with E-state index < -0.39 is 0 Å². The molecule has 1 aliphatic heterocycles. The van der Waals surface area contributed by atoms with Crippen LogP contribution in [0.5, 0.6) is 0 Å². The van der Waals surface area contributed by atoms with Gasteiger partial charge in [0, 0.05) is 18.1 Å². The van der Waals surface area contributed by atoms with Crippen molar-refractivity contribution in [2.45, 2.75) is 65.6 Å². The van der Waals surface area contributed by atoms with Crippen LogP contribution < -0.4 is 0 Å². The largest absolute Gasteiger partial charge is 0.295 e. The fourth-order valence-electron chi connectivity index (χ4n) is 2.61. The summed E-state index contributed by atoms with van der Waals surface area (Å²) in [6.07, 6.45) is 2.79. The lowest BCUT2D eigenvalue weighted by atomic mass is 10.0. The Morgan fingerprint density at radius 1 is 1.08 bits per heavy atom. The van der Waals surface area contributed by atoms with Gasteiger partial charge in [-0.1, -0.05) is 13.8 Å². The first-order valence-corrected chi connectivity index (χ1v) is 5.31. The molecule has 1 fully saturated rings. The van der Waals surface area contributed by atoms with Crippen LogP contribution in [-0.4, -0.2) is 23.0 Å². The van der Waals surface area contributed by atoms with Crippen molar-refractivity contribution >= 4 is 0 Å². The molecule has 1 nitrogen and oxygen atoms in total. The molecule has 1 saturated heterocycles. The predicted octanol–water partition coefficient (Wildman–Crippen LogP) is 2.90. The van der Waals surface area contributed by atoms with Crippen LogP contribution in [0, 0.1) is 5.92 Å². The van der Waals surface area contributed by atoms with Gasteiger partial charge >= 0.3 is 0 Å². The first kappa shape index (κ1) is 10.0. The smallest absolute Gasteiger partial charge is 0.0124 e. The molecule has 0 radical (unpaired) electrons. The van der Waals surface area contributed by atoms with Crippen LogP contribution in [0.15, 0.2) is 0 Å². The molecule has 0 saturated carbocycles. The zero-order chi connectivity index (χ0) is 9.30. The highest BCUT2D eigenvalue weighted by Crippen LogP contribution is 2.30. The van der Waals surface area contributed by atoms with Crippen LogP contribution in [0.2, 0.25) is 0 Å². The molecule has 0 bridgehead atoms. The van der Waals surface area contributed by atoms with Gasteiger partial charge in [0.15, 0.2) is 0 Å². The number of nitrogens with zero attached hydrogens (tertiary/aromatic N) is 1. The van der Waals surface area contributed by atoms with Crippen molar-refractivity contribution in [3.05, 3.63) is 0 Å². The molecule has 72 valence electrons. The molecular formula is C11H23N. The Morgan fingerprint density at radius 3 is 2.00 bits per heavy atom. The first-order chi connectivity index (χ1) is 5.54. The fraction of sp³-hybridized carbons (Fsp3) is 1.00. The van der Waals surface area contributed by atoms with E-state index in [9.17, 15) is 0 Å². The second kappa shape index (κ2) is 3.78. The van der Waals surface area contributed by atoms with Crippen molar-refractivity contribution in [1.82, 2.24) is 4.90 Å². The summed E-state index contributed by atoms with van der Waals surface area (Å²) in [6.45, 7) is 11.7. The van der Waals surface area contributed by atoms with E-state index in [-0.39, 0.29) is 0 Å². The highest BCUT2D eigenvalue weighted by Gasteiger charge is 2.33. The Morgan fingerprint density at radius 2 is 1.67 bits per heavy atom. The topological polar surface area (TPSA) is 3.24 Å². The Hall–Kier alpha value is -0.0400. The van der Waals surface area contributed by atoms with Gasteiger partial charge in [0.2, 0.25) is 0 Å². The molecule has 0 spiro atoms. The normalized spacial score (nSPS) is 32.2. The lowest BCUT2D eigenvalue weighted by molar-refractivity contribution is 0.127. The van der Waals surface area contributed by atoms with E-state index in [1.165, 1.54) is 12.8 Å². The van der Waals surface area contributed by atoms with E-state index in [2.05, 4.69) is 39.5 Å². The predicted molar refractivity (Wildman–Crippen MR) is 54.3 cm³/mol. The van der Waals surface area contributed by atoms with E-state index >= 15 is 0 Å². The zero-order valence-electron chi connectivity index (χ0n) is 9.17. The number of likely N-dealkylation sites (tertiary alicyclic amines) is 1. The third-order valence-electron chi connectivity index (χ3n) is 3.14. The van der Waals surface area contributed by atoms with Gasteiger partial charge in [-0.3, -0.25) is 4.90 Å². The van der Waals surface area contributed by atoms with Crippen molar-refractivity contribution in [1.29, 1.82) is 0 Å². The molecule has 1 heteroatoms. The second-order valence-corrected chi connectivity index (χ2v) is 4.78. The van der Waals surface area contributed by atoms with Gasteiger partial charge in [-0.25, -0.2) is 0 Å². The van der Waals surface area contributed by atoms with Crippen molar-refractivity contribution in [2.24, 2.45) is 5.92 Å². The van der Waals surface area contributed by atoms with E-state index in [1.807, 2.05) is 0 Å². The monoisotopic (exact) mass is 169 g/mol. The minimum atomic E-state index is 0.717. The Kier molecular flexibility index (Phi) is 3.16. The Balaban J connectivity index is 2.64. The summed E-state index contributed by atoms with van der Waals surface area (Å²) in [7, 11) is 0. The van der Waals surface area contributed by atoms with Crippen LogP contribution in [0.1, 0.15) is 47.5 Å². The van der Waals surface area contributed by atoms with Gasteiger partial charge in [0.1, 0.15) is 0 Å². The van der Waals surface area contributed by atoms with E-state index in [0.717, 1.165) is 24.0 Å². The molecule has 1 aliphatic rings. The summed E-state index contributed by atoms with van der Waals surface area (Å²) < 4.78 is 0. The van der Waals surface area contributed by atoms with Crippen LogP contribution in [-0.2, 0) is 0 Å². The van der Waals surface area contributed by atoms with Gasteiger partial charge < -0.3 is 0 Å². The lowest BCUT2D eigenvalue weighted by Gasteiger charge is -2.34. The van der Waals surface area contributed by atoms with Crippen LogP contribution >= 0.6 is 0 Å². The van der Waals surface area contributed by atoms with Gasteiger partial charge in [-0.05, 0) is 39.5 Å². The molecule has 1 heterocycles. The zero-order valence-corrected chi connectivity index (χ0v) is 9.17. The van der Waals surface area contributed by atoms with E-state index in [0.29, 0.717) is 0 Å². The summed E-state index contributed by atoms with van der Waals surface area (Å²) in [5.74, 6) is 0.817. The third-order valence-corrected chi connectivity index (χ3v) is 3.14. The number of rotatable bonds is 2. The van der Waals surface area contributed by atoms with Crippen molar-refractivity contribution < 1.29 is 0 Å². The highest BCUT2D eigenvalue weighted by atomic mass is 15.2. The molecule has 0 aromatic carbocycles. The lowest BCUT2D eigenvalue weighted by Crippen LogP contribution is -2.42. The Bertz CT molecular complexity index is 140. The first-order valence-electron chi connectivity index (χ1n) is 5.31. The number of hydrogen-bond donors (Lipinski definition) is 0. The van der Waals surface area contributed by atoms with Crippen molar-refractivity contribution in [2.75, 3.05) is 0 Å². The third kappa shape index (κ3) is 1.82. The fourth-order valence-corrected chi connectivity index (χ4v) is 2.61. The summed E-state index contributed by atoms with van der Waals surface area (Å²) >= 11 is 0.